The number of pyridine rings is 1. The second-order valence-electron chi connectivity index (χ2n) is 4.58. The van der Waals surface area contributed by atoms with E-state index < -0.39 is 0 Å². The minimum absolute atomic E-state index is 0.561. The van der Waals surface area contributed by atoms with Crippen LogP contribution in [-0.4, -0.2) is 11.5 Å². The summed E-state index contributed by atoms with van der Waals surface area (Å²) in [5, 5.41) is 3.34. The molecule has 2 rings (SSSR count). The zero-order valence-corrected chi connectivity index (χ0v) is 13.2. The fraction of sp³-hybridized carbons (Fsp3) is 0.312. The van der Waals surface area contributed by atoms with Gasteiger partial charge in [-0.1, -0.05) is 35.0 Å². The number of benzene rings is 1. The molecule has 20 heavy (non-hydrogen) atoms. The molecule has 0 unspecified atom stereocenters. The van der Waals surface area contributed by atoms with Gasteiger partial charge in [-0.2, -0.15) is 0 Å². The van der Waals surface area contributed by atoms with Crippen LogP contribution in [0.1, 0.15) is 24.6 Å². The topological polar surface area (TPSA) is 34.1 Å². The van der Waals surface area contributed by atoms with E-state index in [-0.39, 0.29) is 0 Å². The van der Waals surface area contributed by atoms with E-state index in [0.29, 0.717) is 6.61 Å². The molecule has 1 N–H and O–H groups in total. The SMILES string of the molecule is CCCNCc1cc(OCc2cccc(Br)c2)ccn1. The van der Waals surface area contributed by atoms with Crippen LogP contribution in [0.4, 0.5) is 0 Å². The third-order valence-corrected chi connectivity index (χ3v) is 3.31. The monoisotopic (exact) mass is 334 g/mol. The number of nitrogens with one attached hydrogen (secondary N) is 1. The Morgan fingerprint density at radius 3 is 2.95 bits per heavy atom. The van der Waals surface area contributed by atoms with Crippen molar-refractivity contribution in [2.24, 2.45) is 0 Å². The summed E-state index contributed by atoms with van der Waals surface area (Å²) in [6, 6.07) is 12.0. The highest BCUT2D eigenvalue weighted by atomic mass is 79.9. The van der Waals surface area contributed by atoms with Gasteiger partial charge in [0.15, 0.2) is 0 Å². The van der Waals surface area contributed by atoms with E-state index in [2.05, 4.69) is 45.3 Å². The van der Waals surface area contributed by atoms with Gasteiger partial charge in [0.25, 0.3) is 0 Å². The lowest BCUT2D eigenvalue weighted by atomic mass is 10.2. The Labute approximate surface area is 128 Å². The first kappa shape index (κ1) is 15.0. The van der Waals surface area contributed by atoms with Gasteiger partial charge < -0.3 is 10.1 Å². The van der Waals surface area contributed by atoms with Crippen molar-refractivity contribution in [2.45, 2.75) is 26.5 Å². The molecule has 1 heterocycles. The van der Waals surface area contributed by atoms with Gasteiger partial charge in [-0.3, -0.25) is 4.98 Å². The van der Waals surface area contributed by atoms with Crippen LogP contribution in [0.2, 0.25) is 0 Å². The molecule has 106 valence electrons. The molecule has 3 nitrogen and oxygen atoms in total. The van der Waals surface area contributed by atoms with Gasteiger partial charge in [0, 0.05) is 23.3 Å². The van der Waals surface area contributed by atoms with Crippen molar-refractivity contribution in [1.82, 2.24) is 10.3 Å². The van der Waals surface area contributed by atoms with Gasteiger partial charge in [0.05, 0.1) is 5.69 Å². The molecule has 0 bridgehead atoms. The molecule has 1 aromatic carbocycles. The highest BCUT2D eigenvalue weighted by molar-refractivity contribution is 9.10. The van der Waals surface area contributed by atoms with Crippen LogP contribution in [0.3, 0.4) is 0 Å². The summed E-state index contributed by atoms with van der Waals surface area (Å²) < 4.78 is 6.87. The van der Waals surface area contributed by atoms with E-state index >= 15 is 0 Å². The normalized spacial score (nSPS) is 10.5. The molecule has 4 heteroatoms. The van der Waals surface area contributed by atoms with Crippen molar-refractivity contribution in [3.05, 3.63) is 58.3 Å². The number of halogens is 1. The smallest absolute Gasteiger partial charge is 0.123 e. The molecule has 0 aliphatic rings. The van der Waals surface area contributed by atoms with E-state index in [4.69, 9.17) is 4.74 Å². The summed E-state index contributed by atoms with van der Waals surface area (Å²) in [6.45, 7) is 4.50. The van der Waals surface area contributed by atoms with Crippen LogP contribution >= 0.6 is 15.9 Å². The number of nitrogens with zero attached hydrogens (tertiary/aromatic N) is 1. The average molecular weight is 335 g/mol. The Hall–Kier alpha value is -1.39. The second kappa shape index (κ2) is 8.02. The van der Waals surface area contributed by atoms with Gasteiger partial charge in [0.2, 0.25) is 0 Å². The Kier molecular flexibility index (Phi) is 6.02. The third kappa shape index (κ3) is 4.94. The van der Waals surface area contributed by atoms with E-state index in [1.807, 2.05) is 24.3 Å². The first-order valence-corrected chi connectivity index (χ1v) is 7.60. The van der Waals surface area contributed by atoms with Crippen LogP contribution in [0.5, 0.6) is 5.75 Å². The highest BCUT2D eigenvalue weighted by Gasteiger charge is 2.00. The van der Waals surface area contributed by atoms with Crippen LogP contribution in [-0.2, 0) is 13.2 Å². The van der Waals surface area contributed by atoms with Crippen LogP contribution in [0.15, 0.2) is 47.1 Å². The lowest BCUT2D eigenvalue weighted by Crippen LogP contribution is -2.14. The van der Waals surface area contributed by atoms with Crippen molar-refractivity contribution in [3.8, 4) is 5.75 Å². The summed E-state index contributed by atoms with van der Waals surface area (Å²) in [7, 11) is 0. The summed E-state index contributed by atoms with van der Waals surface area (Å²) in [4.78, 5) is 4.33. The van der Waals surface area contributed by atoms with Crippen LogP contribution in [0, 0.1) is 0 Å². The quantitative estimate of drug-likeness (QED) is 0.779. The number of hydrogen-bond acceptors (Lipinski definition) is 3. The predicted octanol–water partition coefficient (Wildman–Crippen LogP) is 3.92. The van der Waals surface area contributed by atoms with E-state index in [0.717, 1.165) is 41.0 Å². The minimum atomic E-state index is 0.561. The Bertz CT molecular complexity index is 546. The molecule has 0 saturated heterocycles. The standard InChI is InChI=1S/C16H19BrN2O/c1-2-7-18-11-15-10-16(6-8-19-15)20-12-13-4-3-5-14(17)9-13/h3-6,8-10,18H,2,7,11-12H2,1H3. The van der Waals surface area contributed by atoms with Gasteiger partial charge >= 0.3 is 0 Å². The van der Waals surface area contributed by atoms with Gasteiger partial charge in [-0.15, -0.1) is 0 Å². The average Bonchev–Trinajstić information content (AvgIpc) is 2.46. The number of aromatic nitrogens is 1. The molecule has 0 aliphatic heterocycles. The molecule has 0 amide bonds. The molecule has 0 spiro atoms. The third-order valence-electron chi connectivity index (χ3n) is 2.82. The minimum Gasteiger partial charge on any atom is -0.489 e. The molecule has 0 radical (unpaired) electrons. The van der Waals surface area contributed by atoms with Gasteiger partial charge in [-0.05, 0) is 36.7 Å². The van der Waals surface area contributed by atoms with Gasteiger partial charge in [0.1, 0.15) is 12.4 Å². The van der Waals surface area contributed by atoms with Crippen LogP contribution in [0.25, 0.3) is 0 Å². The molecular formula is C16H19BrN2O. The maximum atomic E-state index is 5.81. The van der Waals surface area contributed by atoms with E-state index in [9.17, 15) is 0 Å². The lowest BCUT2D eigenvalue weighted by molar-refractivity contribution is 0.305. The number of hydrogen-bond donors (Lipinski definition) is 1. The summed E-state index contributed by atoms with van der Waals surface area (Å²) in [5.74, 6) is 0.855. The Morgan fingerprint density at radius 1 is 1.25 bits per heavy atom. The fourth-order valence-corrected chi connectivity index (χ4v) is 2.28. The zero-order chi connectivity index (χ0) is 14.2. The van der Waals surface area contributed by atoms with E-state index in [1.165, 1.54) is 0 Å². The summed E-state index contributed by atoms with van der Waals surface area (Å²) in [5.41, 5.74) is 2.15. The largest absolute Gasteiger partial charge is 0.489 e. The van der Waals surface area contributed by atoms with Crippen molar-refractivity contribution in [2.75, 3.05) is 6.54 Å². The molecule has 0 saturated carbocycles. The molecule has 0 aliphatic carbocycles. The highest BCUT2D eigenvalue weighted by Crippen LogP contribution is 2.16. The van der Waals surface area contributed by atoms with Crippen molar-refractivity contribution >= 4 is 15.9 Å². The maximum absolute atomic E-state index is 5.81. The van der Waals surface area contributed by atoms with Crippen molar-refractivity contribution in [1.29, 1.82) is 0 Å². The summed E-state index contributed by atoms with van der Waals surface area (Å²) >= 11 is 3.46. The maximum Gasteiger partial charge on any atom is 0.123 e. The van der Waals surface area contributed by atoms with E-state index in [1.54, 1.807) is 6.20 Å². The molecular weight excluding hydrogens is 316 g/mol. The van der Waals surface area contributed by atoms with Crippen molar-refractivity contribution < 1.29 is 4.74 Å². The van der Waals surface area contributed by atoms with Gasteiger partial charge in [-0.25, -0.2) is 0 Å². The molecule has 0 fully saturated rings. The fourth-order valence-electron chi connectivity index (χ4n) is 1.83. The number of ether oxygens (including phenoxy) is 1. The molecule has 2 aromatic rings. The van der Waals surface area contributed by atoms with Crippen molar-refractivity contribution in [3.63, 3.8) is 0 Å². The first-order chi connectivity index (χ1) is 9.78. The summed E-state index contributed by atoms with van der Waals surface area (Å²) in [6.07, 6.45) is 2.91. The molecule has 0 atom stereocenters. The zero-order valence-electron chi connectivity index (χ0n) is 11.6. The Balaban J connectivity index is 1.91. The second-order valence-corrected chi connectivity index (χ2v) is 5.49. The first-order valence-electron chi connectivity index (χ1n) is 6.81. The molecule has 1 aromatic heterocycles. The number of rotatable bonds is 7. The van der Waals surface area contributed by atoms with Crippen LogP contribution < -0.4 is 10.1 Å². The predicted molar refractivity (Wildman–Crippen MR) is 84.7 cm³/mol. The lowest BCUT2D eigenvalue weighted by Gasteiger charge is -2.08. The Morgan fingerprint density at radius 2 is 2.15 bits per heavy atom.